The van der Waals surface area contributed by atoms with E-state index in [1.54, 1.807) is 12.1 Å². The molecule has 1 aliphatic heterocycles. The Kier molecular flexibility index (Phi) is 6.33. The molecule has 1 aliphatic rings. The molecule has 32 heavy (non-hydrogen) atoms. The summed E-state index contributed by atoms with van der Waals surface area (Å²) in [5.74, 6) is -0.943. The molecule has 166 valence electrons. The highest BCUT2D eigenvalue weighted by atomic mass is 35.5. The molecule has 2 heterocycles. The summed E-state index contributed by atoms with van der Waals surface area (Å²) in [5, 5.41) is 0.523. The second kappa shape index (κ2) is 8.88. The maximum atomic E-state index is 13.6. The second-order valence-electron chi connectivity index (χ2n) is 6.97. The summed E-state index contributed by atoms with van der Waals surface area (Å²) in [4.78, 5) is 26.7. The summed E-state index contributed by atoms with van der Waals surface area (Å²) in [6.07, 6.45) is 1.04. The first-order chi connectivity index (χ1) is 15.2. The van der Waals surface area contributed by atoms with Crippen LogP contribution in [-0.2, 0) is 26.2 Å². The number of anilines is 1. The molecular weight excluding hydrogens is 499 g/mol. The molecule has 1 saturated heterocycles. The number of rotatable bonds is 6. The number of carbonyl (C=O) groups is 2. The van der Waals surface area contributed by atoms with Crippen molar-refractivity contribution < 1.29 is 22.4 Å². The molecule has 11 heteroatoms. The Morgan fingerprint density at radius 2 is 1.69 bits per heavy atom. The molecule has 0 spiro atoms. The van der Waals surface area contributed by atoms with E-state index >= 15 is 0 Å². The second-order valence-corrected chi connectivity index (χ2v) is 10.1. The van der Waals surface area contributed by atoms with Crippen molar-refractivity contribution in [2.45, 2.75) is 23.9 Å². The van der Waals surface area contributed by atoms with Crippen molar-refractivity contribution in [1.29, 1.82) is 0 Å². The average Bonchev–Trinajstić information content (AvgIpc) is 3.36. The van der Waals surface area contributed by atoms with Gasteiger partial charge in [-0.2, -0.15) is 4.31 Å². The summed E-state index contributed by atoms with van der Waals surface area (Å²) < 4.78 is 33.4. The van der Waals surface area contributed by atoms with Crippen molar-refractivity contribution >= 4 is 62.3 Å². The molecule has 1 aromatic heterocycles. The Bertz CT molecular complexity index is 1280. The van der Waals surface area contributed by atoms with Gasteiger partial charge in [-0.15, -0.1) is 0 Å². The van der Waals surface area contributed by atoms with E-state index in [4.69, 9.17) is 39.2 Å². The monoisotopic (exact) mass is 512 g/mol. The maximum absolute atomic E-state index is 13.6. The number of nitrogens with zero attached hydrogens (tertiary/aromatic N) is 2. The van der Waals surface area contributed by atoms with Crippen LogP contribution in [0, 0.1) is 0 Å². The van der Waals surface area contributed by atoms with Gasteiger partial charge in [0, 0.05) is 10.0 Å². The molecule has 2 aromatic carbocycles. The summed E-state index contributed by atoms with van der Waals surface area (Å²) >= 11 is 18.0. The van der Waals surface area contributed by atoms with E-state index < -0.39 is 27.9 Å². The van der Waals surface area contributed by atoms with Crippen molar-refractivity contribution in [2.75, 3.05) is 4.90 Å². The fourth-order valence-electron chi connectivity index (χ4n) is 3.42. The van der Waals surface area contributed by atoms with Gasteiger partial charge in [0.05, 0.1) is 29.9 Å². The highest BCUT2D eigenvalue weighted by Crippen LogP contribution is 2.34. The first kappa shape index (κ1) is 22.8. The minimum absolute atomic E-state index is 0.0647. The summed E-state index contributed by atoms with van der Waals surface area (Å²) in [6, 6.07) is 12.0. The quantitative estimate of drug-likeness (QED) is 0.443. The van der Waals surface area contributed by atoms with Gasteiger partial charge in [-0.05, 0) is 54.6 Å². The Balaban J connectivity index is 1.77. The Labute approximate surface area is 199 Å². The van der Waals surface area contributed by atoms with Crippen molar-refractivity contribution in [1.82, 2.24) is 4.31 Å². The SMILES string of the molecule is O=C1CC(N(Cc2ccco2)S(=O)(=O)c2cc(Cl)ccc2Cl)C(=O)N1c1ccc(Cl)cc1. The van der Waals surface area contributed by atoms with Gasteiger partial charge in [0.2, 0.25) is 15.9 Å². The lowest BCUT2D eigenvalue weighted by Crippen LogP contribution is -2.45. The number of carbonyl (C=O) groups excluding carboxylic acids is 2. The molecule has 2 amide bonds. The molecule has 4 rings (SSSR count). The van der Waals surface area contributed by atoms with Crippen LogP contribution in [0.3, 0.4) is 0 Å². The van der Waals surface area contributed by atoms with Crippen LogP contribution in [0.15, 0.2) is 70.2 Å². The lowest BCUT2D eigenvalue weighted by molar-refractivity contribution is -0.122. The van der Waals surface area contributed by atoms with Crippen LogP contribution in [0.4, 0.5) is 5.69 Å². The van der Waals surface area contributed by atoms with Gasteiger partial charge >= 0.3 is 0 Å². The van der Waals surface area contributed by atoms with E-state index in [2.05, 4.69) is 0 Å². The topological polar surface area (TPSA) is 87.9 Å². The number of halogens is 3. The number of hydrogen-bond donors (Lipinski definition) is 0. The highest BCUT2D eigenvalue weighted by Gasteiger charge is 2.47. The lowest BCUT2D eigenvalue weighted by Gasteiger charge is -2.26. The van der Waals surface area contributed by atoms with Gasteiger partial charge in [-0.25, -0.2) is 13.3 Å². The fraction of sp³-hybridized carbons (Fsp3) is 0.143. The lowest BCUT2D eigenvalue weighted by atomic mass is 10.2. The standard InChI is InChI=1S/C21H15Cl3N2O5S/c22-13-3-6-15(7-4-13)26-20(27)11-18(21(26)28)25(12-16-2-1-9-31-16)32(29,30)19-10-14(23)5-8-17(19)24/h1-10,18H,11-12H2. The Morgan fingerprint density at radius 3 is 2.34 bits per heavy atom. The van der Waals surface area contributed by atoms with Gasteiger partial charge in [0.15, 0.2) is 0 Å². The molecule has 0 saturated carbocycles. The molecule has 1 unspecified atom stereocenters. The van der Waals surface area contributed by atoms with E-state index in [0.717, 1.165) is 9.21 Å². The molecule has 7 nitrogen and oxygen atoms in total. The number of amides is 2. The predicted molar refractivity (Wildman–Crippen MR) is 120 cm³/mol. The zero-order valence-corrected chi connectivity index (χ0v) is 19.3. The van der Waals surface area contributed by atoms with Gasteiger partial charge in [0.1, 0.15) is 16.7 Å². The Morgan fingerprint density at radius 1 is 1.00 bits per heavy atom. The van der Waals surface area contributed by atoms with Gasteiger partial charge in [-0.3, -0.25) is 9.59 Å². The number of benzene rings is 2. The minimum atomic E-state index is -4.35. The molecule has 0 N–H and O–H groups in total. The van der Waals surface area contributed by atoms with Crippen LogP contribution in [0.2, 0.25) is 15.1 Å². The highest BCUT2D eigenvalue weighted by molar-refractivity contribution is 7.89. The van der Waals surface area contributed by atoms with Crippen LogP contribution in [0.25, 0.3) is 0 Å². The zero-order valence-electron chi connectivity index (χ0n) is 16.2. The predicted octanol–water partition coefficient (Wildman–Crippen LogP) is 4.76. The Hall–Kier alpha value is -2.36. The van der Waals surface area contributed by atoms with Gasteiger partial charge in [-0.1, -0.05) is 34.8 Å². The van der Waals surface area contributed by atoms with Gasteiger partial charge in [0.25, 0.3) is 5.91 Å². The van der Waals surface area contributed by atoms with E-state index in [-0.39, 0.29) is 33.7 Å². The molecule has 1 atom stereocenters. The number of hydrogen-bond acceptors (Lipinski definition) is 5. The van der Waals surface area contributed by atoms with E-state index in [1.807, 2.05) is 0 Å². The minimum Gasteiger partial charge on any atom is -0.468 e. The number of sulfonamides is 1. The summed E-state index contributed by atoms with van der Waals surface area (Å²) in [5.41, 5.74) is 0.294. The van der Waals surface area contributed by atoms with Crippen LogP contribution in [0.1, 0.15) is 12.2 Å². The molecule has 1 fully saturated rings. The normalized spacial score (nSPS) is 16.9. The summed E-state index contributed by atoms with van der Waals surface area (Å²) in [7, 11) is -4.35. The van der Waals surface area contributed by atoms with Crippen molar-refractivity contribution in [3.63, 3.8) is 0 Å². The van der Waals surface area contributed by atoms with Crippen LogP contribution >= 0.6 is 34.8 Å². The van der Waals surface area contributed by atoms with E-state index in [9.17, 15) is 18.0 Å². The van der Waals surface area contributed by atoms with E-state index in [1.165, 1.54) is 48.7 Å². The van der Waals surface area contributed by atoms with Gasteiger partial charge < -0.3 is 4.42 Å². The third-order valence-electron chi connectivity index (χ3n) is 4.93. The number of imide groups is 1. The van der Waals surface area contributed by atoms with E-state index in [0.29, 0.717) is 10.7 Å². The molecule has 0 aliphatic carbocycles. The number of furan rings is 1. The zero-order chi connectivity index (χ0) is 23.0. The van der Waals surface area contributed by atoms with Crippen LogP contribution in [-0.4, -0.2) is 30.6 Å². The first-order valence-electron chi connectivity index (χ1n) is 9.30. The fourth-order valence-corrected chi connectivity index (χ4v) is 5.84. The van der Waals surface area contributed by atoms with Crippen LogP contribution < -0.4 is 4.90 Å². The van der Waals surface area contributed by atoms with Crippen LogP contribution in [0.5, 0.6) is 0 Å². The van der Waals surface area contributed by atoms with Crippen molar-refractivity contribution in [2.24, 2.45) is 0 Å². The van der Waals surface area contributed by atoms with Crippen molar-refractivity contribution in [3.8, 4) is 0 Å². The molecule has 0 radical (unpaired) electrons. The molecule has 3 aromatic rings. The largest absolute Gasteiger partial charge is 0.468 e. The first-order valence-corrected chi connectivity index (χ1v) is 11.9. The molecular formula is C21H15Cl3N2O5S. The smallest absolute Gasteiger partial charge is 0.252 e. The average molecular weight is 514 g/mol. The third-order valence-corrected chi connectivity index (χ3v) is 7.75. The maximum Gasteiger partial charge on any atom is 0.252 e. The molecule has 0 bridgehead atoms. The van der Waals surface area contributed by atoms with Crippen molar-refractivity contribution in [3.05, 3.63) is 81.7 Å². The summed E-state index contributed by atoms with van der Waals surface area (Å²) in [6.45, 7) is -0.281. The third kappa shape index (κ3) is 4.29.